The second-order valence-corrected chi connectivity index (χ2v) is 39.4. The summed E-state index contributed by atoms with van der Waals surface area (Å²) in [5.74, 6) is -1.11. The molecular formula is C105H134N5+5. The Bertz CT molecular complexity index is 5800. The van der Waals surface area contributed by atoms with Crippen LogP contribution in [0.3, 0.4) is 0 Å². The lowest BCUT2D eigenvalue weighted by atomic mass is 9.69. The third kappa shape index (κ3) is 13.1. The molecule has 5 heterocycles. The smallest absolute Gasteiger partial charge is 0.201 e. The molecule has 0 saturated heterocycles. The van der Waals surface area contributed by atoms with Crippen molar-refractivity contribution in [2.45, 2.75) is 280 Å². The van der Waals surface area contributed by atoms with Gasteiger partial charge in [-0.25, -0.2) is 22.8 Å². The molecule has 5 aromatic heterocycles. The van der Waals surface area contributed by atoms with Gasteiger partial charge in [0.2, 0.25) is 28.5 Å². The highest BCUT2D eigenvalue weighted by atomic mass is 15.0. The standard InChI is InChI=1S/2C22H28N.2C21H28N.C19H22N/c2*1-14-7-8-16(15(2)11-14)20-12-17-18-9-10-22(5,21(18,3)4)19(17)13-23(20)6;1-14-8-9-16(15(2)10-14)19-11-17-18(12-22(19)7)21(5,6)13-20(17,3)4;1-14-8-9-16(15(2)12-14)19-18-17(10-11-22(19)7)20(3,4)13-21(18,5)6;1-12-4-7-16(13(2)8-12)19-10-17-14-5-6-15(9-14)18(17)11-20(19)3/h2*7-8,11-13,18H,9-10H2,1-6H3;2*8-12H,13H2,1-7H3;4,7-8,10-11,14-15H,5-6,9H2,1-3H3/q5*+1/i1D3,18D;;;;1D3,14D,15D. The van der Waals surface area contributed by atoms with E-state index < -0.39 is 31.4 Å². The molecular weight excluding hydrogens is 1330 g/mol. The van der Waals surface area contributed by atoms with Gasteiger partial charge in [-0.1, -0.05) is 185 Å². The number of hydrogen-bond donors (Lipinski definition) is 0. The van der Waals surface area contributed by atoms with Crippen LogP contribution in [0.1, 0.15) is 302 Å². The summed E-state index contributed by atoms with van der Waals surface area (Å²) in [5.41, 5.74) is 38.1. The van der Waals surface area contributed by atoms with E-state index in [1.54, 1.807) is 35.4 Å². The van der Waals surface area contributed by atoms with E-state index >= 15 is 0 Å². The van der Waals surface area contributed by atoms with E-state index in [1.807, 2.05) is 50.8 Å². The average molecular weight is 1480 g/mol. The highest BCUT2D eigenvalue weighted by molar-refractivity contribution is 5.71. The van der Waals surface area contributed by atoms with Crippen molar-refractivity contribution in [1.29, 1.82) is 0 Å². The molecule has 3 fully saturated rings. The molecule has 0 radical (unpaired) electrons. The van der Waals surface area contributed by atoms with Crippen LogP contribution in [-0.4, -0.2) is 0 Å². The Labute approximate surface area is 677 Å². The van der Waals surface area contributed by atoms with Crippen LogP contribution in [0, 0.1) is 79.9 Å². The van der Waals surface area contributed by atoms with Gasteiger partial charge in [-0.3, -0.25) is 0 Å². The summed E-state index contributed by atoms with van der Waals surface area (Å²) in [7, 11) is 10.6. The number of rotatable bonds is 5. The maximum Gasteiger partial charge on any atom is 0.216 e. The number of fused-ring (bicyclic) bond motifs is 17. The molecule has 0 amide bonds. The van der Waals surface area contributed by atoms with Crippen molar-refractivity contribution >= 4 is 0 Å². The van der Waals surface area contributed by atoms with Gasteiger partial charge >= 0.3 is 0 Å². The van der Waals surface area contributed by atoms with Crippen molar-refractivity contribution in [3.05, 3.63) is 264 Å². The molecule has 574 valence electrons. The molecule has 110 heavy (non-hydrogen) atoms. The molecule has 6 unspecified atom stereocenters. The summed E-state index contributed by atoms with van der Waals surface area (Å²) < 4.78 is 83.5. The van der Waals surface area contributed by atoms with Crippen LogP contribution in [0.4, 0.5) is 0 Å². The Balaban J connectivity index is 0.000000122. The molecule has 18 rings (SSSR count). The predicted molar refractivity (Wildman–Crippen MR) is 460 cm³/mol. The maximum atomic E-state index is 9.30. The van der Waals surface area contributed by atoms with Crippen molar-refractivity contribution < 1.29 is 35.2 Å². The van der Waals surface area contributed by atoms with Crippen molar-refractivity contribution in [3.63, 3.8) is 0 Å². The molecule has 8 aliphatic carbocycles. The first-order chi connectivity index (χ1) is 54.9. The normalized spacial score (nSPS) is 26.4. The van der Waals surface area contributed by atoms with Crippen molar-refractivity contribution in [2.24, 2.45) is 46.1 Å². The molecule has 6 atom stereocenters. The average Bonchev–Trinajstić information content (AvgIpc) is 1.50. The van der Waals surface area contributed by atoms with Gasteiger partial charge in [0.1, 0.15) is 35.2 Å². The largest absolute Gasteiger partial charge is 0.216 e. The van der Waals surface area contributed by atoms with Crippen LogP contribution in [0.5, 0.6) is 0 Å². The quantitative estimate of drug-likeness (QED) is 0.153. The number of aryl methyl sites for hydroxylation is 15. The van der Waals surface area contributed by atoms with Gasteiger partial charge in [0.15, 0.2) is 31.0 Å². The monoisotopic (exact) mass is 1470 g/mol. The van der Waals surface area contributed by atoms with Gasteiger partial charge in [-0.2, -0.15) is 0 Å². The SMILES string of the molecule is Cc1ccc(-c2c3c(cc[n+]2C)C(C)(C)CC3(C)C)c(C)c1.Cc1ccc(-c2cc3c(c[n+]2C)C(C)(C)CC3(C)C)c(C)c1.Cc1ccc(-c2cc3c(c[n+]2C)C2(C)CCC3C2(C)C)c(C)c1.[2H]C([2H])([2H])c1ccc(-c2cc3c(c[n+]2C)C2(C)CCC3([2H])C2(C)C)c(C)c1.[2H]C([2H])([2H])c1ccc(-c2cc3c(c[n+]2C)C2([2H])CCC3([2H])C2)c(C)c1. The van der Waals surface area contributed by atoms with Crippen molar-refractivity contribution in [2.75, 3.05) is 0 Å². The topological polar surface area (TPSA) is 19.4 Å². The zero-order chi connectivity index (χ0) is 87.3. The summed E-state index contributed by atoms with van der Waals surface area (Å²) in [4.78, 5) is 0. The molecule has 0 aliphatic heterocycles. The fourth-order valence-electron chi connectivity index (χ4n) is 22.8. The summed E-state index contributed by atoms with van der Waals surface area (Å²) in [6, 6.07) is 42.5. The van der Waals surface area contributed by atoms with Crippen LogP contribution >= 0.6 is 0 Å². The van der Waals surface area contributed by atoms with E-state index in [-0.39, 0.29) is 32.5 Å². The number of benzene rings is 5. The Morgan fingerprint density at radius 2 is 0.718 bits per heavy atom. The molecule has 5 heteroatoms. The number of pyridine rings is 5. The Hall–Kier alpha value is -8.15. The van der Waals surface area contributed by atoms with Gasteiger partial charge in [-0.05, 0) is 269 Å². The van der Waals surface area contributed by atoms with Crippen LogP contribution in [0.2, 0.25) is 0 Å². The molecule has 0 N–H and O–H groups in total. The van der Waals surface area contributed by atoms with Gasteiger partial charge in [0, 0.05) is 109 Å². The third-order valence-corrected chi connectivity index (χ3v) is 29.1. The van der Waals surface area contributed by atoms with E-state index in [0.29, 0.717) is 34.3 Å². The minimum atomic E-state index is -2.11. The number of nitrogens with zero attached hydrogens (tertiary/aromatic N) is 5. The van der Waals surface area contributed by atoms with Gasteiger partial charge in [0.25, 0.3) is 0 Å². The Morgan fingerprint density at radius 3 is 1.22 bits per heavy atom. The lowest BCUT2D eigenvalue weighted by Gasteiger charge is -2.34. The van der Waals surface area contributed by atoms with Gasteiger partial charge < -0.3 is 0 Å². The summed E-state index contributed by atoms with van der Waals surface area (Å²) in [6.07, 6.45) is 20.4. The molecule has 10 aromatic rings. The fourth-order valence-corrected chi connectivity index (χ4v) is 22.8. The van der Waals surface area contributed by atoms with E-state index in [4.69, 9.17) is 11.0 Å². The van der Waals surface area contributed by atoms with E-state index in [2.05, 4.69) is 288 Å². The lowest BCUT2D eigenvalue weighted by molar-refractivity contribution is -0.661. The van der Waals surface area contributed by atoms with E-state index in [0.717, 1.165) is 76.0 Å². The van der Waals surface area contributed by atoms with E-state index in [9.17, 15) is 1.37 Å². The molecule has 6 bridgehead atoms. The second-order valence-electron chi connectivity index (χ2n) is 39.4. The Kier molecular flexibility index (Phi) is 16.9. The maximum absolute atomic E-state index is 9.30. The molecule has 8 aliphatic rings. The molecule has 5 nitrogen and oxygen atoms in total. The second kappa shape index (κ2) is 27.6. The first kappa shape index (κ1) is 67.5. The van der Waals surface area contributed by atoms with Crippen molar-refractivity contribution in [1.82, 2.24) is 0 Å². The van der Waals surface area contributed by atoms with Gasteiger partial charge in [-0.15, -0.1) is 0 Å². The summed E-state index contributed by atoms with van der Waals surface area (Å²) >= 11 is 0. The third-order valence-electron chi connectivity index (χ3n) is 29.1. The number of aromatic nitrogens is 5. The summed E-state index contributed by atoms with van der Waals surface area (Å²) in [5, 5.41) is 0. The lowest BCUT2D eigenvalue weighted by Crippen LogP contribution is -2.36. The minimum absolute atomic E-state index is 0.0283. The zero-order valence-electron chi connectivity index (χ0n) is 81.1. The Morgan fingerprint density at radius 1 is 0.336 bits per heavy atom. The van der Waals surface area contributed by atoms with Crippen LogP contribution in [-0.2, 0) is 67.7 Å². The fraction of sp³-hybridized carbons (Fsp3) is 0.476. The predicted octanol–water partition coefficient (Wildman–Crippen LogP) is 23.6. The first-order valence-electron chi connectivity index (χ1n) is 45.5. The van der Waals surface area contributed by atoms with Gasteiger partial charge in [0.05, 0.1) is 0 Å². The molecule has 3 saturated carbocycles. The van der Waals surface area contributed by atoms with Crippen LogP contribution in [0.25, 0.3) is 56.3 Å². The zero-order valence-corrected chi connectivity index (χ0v) is 72.1. The first-order valence-corrected chi connectivity index (χ1v) is 41.0. The highest BCUT2D eigenvalue weighted by Crippen LogP contribution is 2.69. The van der Waals surface area contributed by atoms with Crippen LogP contribution < -0.4 is 22.8 Å². The molecule has 0 spiro atoms. The minimum Gasteiger partial charge on any atom is -0.201 e. The molecule has 5 aromatic carbocycles. The van der Waals surface area contributed by atoms with Crippen molar-refractivity contribution in [3.8, 4) is 56.3 Å². The summed E-state index contributed by atoms with van der Waals surface area (Å²) in [6.45, 7) is 46.1. The highest BCUT2D eigenvalue weighted by Gasteiger charge is 2.62. The van der Waals surface area contributed by atoms with Crippen LogP contribution in [0.15, 0.2) is 152 Å². The van der Waals surface area contributed by atoms with E-state index in [1.165, 1.54) is 121 Å². The number of hydrogen-bond acceptors (Lipinski definition) is 0.